The molecule has 2 rings (SSSR count). The molecule has 4 atom stereocenters. The number of hydrogen-bond donors (Lipinski definition) is 0. The highest BCUT2D eigenvalue weighted by molar-refractivity contribution is 6.31. The van der Waals surface area contributed by atoms with Crippen LogP contribution in [0.15, 0.2) is 18.2 Å². The van der Waals surface area contributed by atoms with Crippen molar-refractivity contribution in [2.75, 3.05) is 0 Å². The molecule has 1 aromatic carbocycles. The van der Waals surface area contributed by atoms with Gasteiger partial charge in [-0.2, -0.15) is 0 Å². The van der Waals surface area contributed by atoms with E-state index in [1.165, 1.54) is 18.2 Å². The van der Waals surface area contributed by atoms with Gasteiger partial charge in [-0.1, -0.05) is 18.5 Å². The van der Waals surface area contributed by atoms with Gasteiger partial charge in [0.05, 0.1) is 12.2 Å². The molecule has 104 valence electrons. The van der Waals surface area contributed by atoms with Crippen LogP contribution >= 0.6 is 11.6 Å². The van der Waals surface area contributed by atoms with E-state index in [9.17, 15) is 9.18 Å². The first-order valence-electron chi connectivity index (χ1n) is 6.52. The summed E-state index contributed by atoms with van der Waals surface area (Å²) in [4.78, 5) is 12.4. The van der Waals surface area contributed by atoms with E-state index in [4.69, 9.17) is 16.3 Å². The summed E-state index contributed by atoms with van der Waals surface area (Å²) in [5.74, 6) is -0.273. The van der Waals surface area contributed by atoms with Gasteiger partial charge in [0.1, 0.15) is 11.6 Å². The zero-order valence-electron chi connectivity index (χ0n) is 11.3. The average molecular weight is 285 g/mol. The molecule has 1 aliphatic heterocycles. The Morgan fingerprint density at radius 2 is 2.00 bits per heavy atom. The van der Waals surface area contributed by atoms with E-state index < -0.39 is 0 Å². The average Bonchev–Trinajstić information content (AvgIpc) is 2.58. The van der Waals surface area contributed by atoms with Gasteiger partial charge in [0.2, 0.25) is 0 Å². The molecule has 0 aromatic heterocycles. The van der Waals surface area contributed by atoms with Crippen LogP contribution in [0, 0.1) is 17.7 Å². The quantitative estimate of drug-likeness (QED) is 0.847. The minimum Gasteiger partial charge on any atom is -0.375 e. The van der Waals surface area contributed by atoms with Gasteiger partial charge in [-0.3, -0.25) is 4.79 Å². The number of carbonyl (C=O) groups is 1. The minimum absolute atomic E-state index is 0.0665. The zero-order chi connectivity index (χ0) is 14.2. The topological polar surface area (TPSA) is 26.3 Å². The summed E-state index contributed by atoms with van der Waals surface area (Å²) in [5.41, 5.74) is 0.547. The van der Waals surface area contributed by atoms with Gasteiger partial charge in [-0.05, 0) is 43.5 Å². The molecule has 1 aromatic rings. The number of Topliss-reactive ketones (excluding diaryl/α,β-unsaturated/α-hetero) is 1. The van der Waals surface area contributed by atoms with Crippen LogP contribution in [0.1, 0.15) is 26.3 Å². The molecular formula is C15H18ClFO2. The normalized spacial score (nSPS) is 30.6. The van der Waals surface area contributed by atoms with Crippen LogP contribution in [-0.2, 0) is 16.0 Å². The predicted molar refractivity (Wildman–Crippen MR) is 72.8 cm³/mol. The van der Waals surface area contributed by atoms with Crippen LogP contribution in [-0.4, -0.2) is 18.0 Å². The first-order valence-corrected chi connectivity index (χ1v) is 6.90. The van der Waals surface area contributed by atoms with Crippen molar-refractivity contribution >= 4 is 17.4 Å². The lowest BCUT2D eigenvalue weighted by atomic mass is 9.84. The second kappa shape index (κ2) is 5.59. The Bertz CT molecular complexity index is 489. The molecule has 4 heteroatoms. The SMILES string of the molecule is CC1OC(C)C(C(=O)Cc2cc(F)ccc2Cl)C1C. The van der Waals surface area contributed by atoms with Crippen LogP contribution in [0.4, 0.5) is 4.39 Å². The van der Waals surface area contributed by atoms with Crippen molar-refractivity contribution < 1.29 is 13.9 Å². The number of rotatable bonds is 3. The molecule has 0 amide bonds. The Labute approximate surface area is 117 Å². The summed E-state index contributed by atoms with van der Waals surface area (Å²) in [6, 6.07) is 4.11. The predicted octanol–water partition coefficient (Wildman–Crippen LogP) is 3.65. The summed E-state index contributed by atoms with van der Waals surface area (Å²) >= 11 is 6.00. The van der Waals surface area contributed by atoms with E-state index in [2.05, 4.69) is 0 Å². The molecule has 0 saturated carbocycles. The van der Waals surface area contributed by atoms with Crippen LogP contribution in [0.5, 0.6) is 0 Å². The standard InChI is InChI=1S/C15H18ClFO2/c1-8-9(2)19-10(3)15(8)14(18)7-11-6-12(17)4-5-13(11)16/h4-6,8-10,15H,7H2,1-3H3. The van der Waals surface area contributed by atoms with Gasteiger partial charge in [0.25, 0.3) is 0 Å². The van der Waals surface area contributed by atoms with Crippen molar-refractivity contribution in [1.29, 1.82) is 0 Å². The van der Waals surface area contributed by atoms with Crippen molar-refractivity contribution in [2.45, 2.75) is 39.4 Å². The zero-order valence-corrected chi connectivity index (χ0v) is 12.1. The van der Waals surface area contributed by atoms with E-state index in [0.717, 1.165) is 0 Å². The summed E-state index contributed by atoms with van der Waals surface area (Å²) in [5, 5.41) is 0.432. The number of halogens is 2. The smallest absolute Gasteiger partial charge is 0.143 e. The molecule has 2 nitrogen and oxygen atoms in total. The Kier molecular flexibility index (Phi) is 4.26. The highest BCUT2D eigenvalue weighted by Crippen LogP contribution is 2.34. The second-order valence-corrected chi connectivity index (χ2v) is 5.72. The molecule has 4 unspecified atom stereocenters. The fraction of sp³-hybridized carbons (Fsp3) is 0.533. The Morgan fingerprint density at radius 3 is 2.58 bits per heavy atom. The van der Waals surface area contributed by atoms with Crippen LogP contribution in [0.3, 0.4) is 0 Å². The van der Waals surface area contributed by atoms with Crippen molar-refractivity contribution in [3.8, 4) is 0 Å². The Morgan fingerprint density at radius 1 is 1.32 bits per heavy atom. The lowest BCUT2D eigenvalue weighted by molar-refractivity contribution is -0.124. The van der Waals surface area contributed by atoms with Crippen LogP contribution in [0.25, 0.3) is 0 Å². The van der Waals surface area contributed by atoms with Crippen molar-refractivity contribution in [2.24, 2.45) is 11.8 Å². The van der Waals surface area contributed by atoms with Crippen molar-refractivity contribution in [1.82, 2.24) is 0 Å². The second-order valence-electron chi connectivity index (χ2n) is 5.31. The molecule has 1 aliphatic rings. The fourth-order valence-electron chi connectivity index (χ4n) is 2.81. The third-order valence-electron chi connectivity index (χ3n) is 3.99. The van der Waals surface area contributed by atoms with E-state index >= 15 is 0 Å². The largest absolute Gasteiger partial charge is 0.375 e. The molecule has 0 N–H and O–H groups in total. The molecule has 1 fully saturated rings. The molecule has 1 heterocycles. The maximum Gasteiger partial charge on any atom is 0.143 e. The van der Waals surface area contributed by atoms with Crippen LogP contribution in [0.2, 0.25) is 5.02 Å². The molecule has 1 saturated heterocycles. The molecule has 0 aliphatic carbocycles. The van der Waals surface area contributed by atoms with Gasteiger partial charge in [0, 0.05) is 17.4 Å². The first-order chi connectivity index (χ1) is 8.90. The van der Waals surface area contributed by atoms with E-state index in [1.54, 1.807) is 0 Å². The monoisotopic (exact) mass is 284 g/mol. The summed E-state index contributed by atoms with van der Waals surface area (Å²) < 4.78 is 18.9. The minimum atomic E-state index is -0.371. The maximum atomic E-state index is 13.2. The molecule has 0 spiro atoms. The van der Waals surface area contributed by atoms with Gasteiger partial charge in [0.15, 0.2) is 0 Å². The van der Waals surface area contributed by atoms with Gasteiger partial charge in [-0.15, -0.1) is 0 Å². The van der Waals surface area contributed by atoms with E-state index in [0.29, 0.717) is 10.6 Å². The van der Waals surface area contributed by atoms with Gasteiger partial charge in [-0.25, -0.2) is 4.39 Å². The number of ketones is 1. The summed E-state index contributed by atoms with van der Waals surface area (Å²) in [6.07, 6.45) is 0.142. The fourth-order valence-corrected chi connectivity index (χ4v) is 2.99. The molecular weight excluding hydrogens is 267 g/mol. The lowest BCUT2D eigenvalue weighted by Crippen LogP contribution is -2.28. The number of carbonyl (C=O) groups excluding carboxylic acids is 1. The molecule has 0 bridgehead atoms. The van der Waals surface area contributed by atoms with Gasteiger partial charge >= 0.3 is 0 Å². The van der Waals surface area contributed by atoms with E-state index in [1.807, 2.05) is 20.8 Å². The maximum absolute atomic E-state index is 13.2. The van der Waals surface area contributed by atoms with Crippen molar-refractivity contribution in [3.63, 3.8) is 0 Å². The summed E-state index contributed by atoms with van der Waals surface area (Å²) in [7, 11) is 0. The number of ether oxygens (including phenoxy) is 1. The number of hydrogen-bond acceptors (Lipinski definition) is 2. The third-order valence-corrected chi connectivity index (χ3v) is 4.35. The Hall–Kier alpha value is -0.930. The highest BCUT2D eigenvalue weighted by Gasteiger charge is 2.41. The highest BCUT2D eigenvalue weighted by atomic mass is 35.5. The van der Waals surface area contributed by atoms with Crippen molar-refractivity contribution in [3.05, 3.63) is 34.6 Å². The third kappa shape index (κ3) is 2.98. The molecule has 19 heavy (non-hydrogen) atoms. The van der Waals surface area contributed by atoms with Crippen LogP contribution < -0.4 is 0 Å². The lowest BCUT2D eigenvalue weighted by Gasteiger charge is -2.17. The molecule has 0 radical (unpaired) electrons. The first kappa shape index (κ1) is 14.5. The van der Waals surface area contributed by atoms with E-state index in [-0.39, 0.29) is 42.1 Å². The number of benzene rings is 1. The Balaban J connectivity index is 2.15. The summed E-state index contributed by atoms with van der Waals surface area (Å²) in [6.45, 7) is 5.91. The van der Waals surface area contributed by atoms with Gasteiger partial charge < -0.3 is 4.74 Å².